The maximum atomic E-state index is 12.0. The van der Waals surface area contributed by atoms with Crippen molar-refractivity contribution in [1.82, 2.24) is 10.3 Å². The highest BCUT2D eigenvalue weighted by Gasteiger charge is 2.46. The number of nitrogens with one attached hydrogen (secondary N) is 1. The third kappa shape index (κ3) is 4.83. The number of methoxy groups -OCH3 is 1. The van der Waals surface area contributed by atoms with Crippen molar-refractivity contribution in [2.24, 2.45) is 5.92 Å². The highest BCUT2D eigenvalue weighted by Crippen LogP contribution is 2.38. The molecular weight excluding hydrogens is 372 g/mol. The summed E-state index contributed by atoms with van der Waals surface area (Å²) < 4.78 is 15.9. The molecule has 0 aromatic carbocycles. The second-order valence-electron chi connectivity index (χ2n) is 8.21. The first-order valence-electron chi connectivity index (χ1n) is 9.01. The van der Waals surface area contributed by atoms with Gasteiger partial charge in [0, 0.05) is 6.07 Å². The molecule has 148 valence electrons. The predicted octanol–water partition coefficient (Wildman–Crippen LogP) is 3.06. The molecule has 0 spiro atoms. The summed E-state index contributed by atoms with van der Waals surface area (Å²) in [6, 6.07) is 1.81. The molecule has 3 rings (SSSR count). The van der Waals surface area contributed by atoms with Gasteiger partial charge in [0.25, 0.3) is 0 Å². The Kier molecular flexibility index (Phi) is 5.25. The minimum atomic E-state index is -0.549. The topological polar surface area (TPSA) is 86.8 Å². The van der Waals surface area contributed by atoms with E-state index in [0.717, 1.165) is 24.0 Å². The minimum absolute atomic E-state index is 0.233. The summed E-state index contributed by atoms with van der Waals surface area (Å²) in [5.41, 5.74) is 0.842. The van der Waals surface area contributed by atoms with Crippen LogP contribution >= 0.6 is 11.6 Å². The second-order valence-corrected chi connectivity index (χ2v) is 8.57. The quantitative estimate of drug-likeness (QED) is 0.608. The maximum Gasteiger partial charge on any atom is 0.408 e. The van der Waals surface area contributed by atoms with Gasteiger partial charge in [-0.2, -0.15) is 0 Å². The van der Waals surface area contributed by atoms with Crippen molar-refractivity contribution in [3.05, 3.63) is 22.3 Å². The highest BCUT2D eigenvalue weighted by molar-refractivity contribution is 6.30. The lowest BCUT2D eigenvalue weighted by Crippen LogP contribution is -2.44. The van der Waals surface area contributed by atoms with Crippen LogP contribution in [0.25, 0.3) is 0 Å². The fraction of sp³-hybridized carbons (Fsp3) is 0.632. The Morgan fingerprint density at radius 3 is 2.63 bits per heavy atom. The Morgan fingerprint density at radius 2 is 2.04 bits per heavy atom. The van der Waals surface area contributed by atoms with Crippen molar-refractivity contribution in [2.75, 3.05) is 13.7 Å². The molecule has 2 aliphatic carbocycles. The smallest absolute Gasteiger partial charge is 0.408 e. The van der Waals surface area contributed by atoms with Gasteiger partial charge in [-0.25, -0.2) is 9.78 Å². The number of nitrogens with zero attached hydrogens (tertiary/aromatic N) is 1. The van der Waals surface area contributed by atoms with E-state index in [4.69, 9.17) is 25.8 Å². The Morgan fingerprint density at radius 1 is 1.33 bits per heavy atom. The lowest BCUT2D eigenvalue weighted by atomic mass is 10.1. The number of hydrogen-bond donors (Lipinski definition) is 1. The van der Waals surface area contributed by atoms with Gasteiger partial charge in [-0.05, 0) is 57.6 Å². The summed E-state index contributed by atoms with van der Waals surface area (Å²) in [7, 11) is 1.38. The average Bonchev–Trinajstić information content (AvgIpc) is 3.17. The van der Waals surface area contributed by atoms with Crippen LogP contribution in [0.1, 0.15) is 44.7 Å². The van der Waals surface area contributed by atoms with E-state index in [1.807, 2.05) is 26.8 Å². The van der Waals surface area contributed by atoms with E-state index in [1.54, 1.807) is 0 Å². The first-order valence-corrected chi connectivity index (χ1v) is 9.39. The number of hydrogen-bond acceptors (Lipinski definition) is 6. The zero-order valence-corrected chi connectivity index (χ0v) is 16.8. The van der Waals surface area contributed by atoms with Crippen LogP contribution in [-0.2, 0) is 27.1 Å². The number of amides is 1. The SMILES string of the molecule is COC(=O)C1Cc2cc(OCC3(NC(=O)OC(C)(C)C)CC3)nc(Cl)c2C1. The van der Waals surface area contributed by atoms with E-state index in [2.05, 4.69) is 10.3 Å². The van der Waals surface area contributed by atoms with Crippen molar-refractivity contribution in [2.45, 2.75) is 57.6 Å². The standard InChI is InChI=1S/C19H25ClN2O5/c1-18(2,3)27-17(24)22-19(5-6-19)10-26-14-9-11-7-12(16(23)25-4)8-13(11)15(20)21-14/h9,12H,5-8,10H2,1-4H3,(H,22,24). The van der Waals surface area contributed by atoms with Gasteiger partial charge in [0.2, 0.25) is 5.88 Å². The van der Waals surface area contributed by atoms with E-state index < -0.39 is 17.2 Å². The van der Waals surface area contributed by atoms with Crippen molar-refractivity contribution in [1.29, 1.82) is 0 Å². The molecule has 1 amide bonds. The monoisotopic (exact) mass is 396 g/mol. The number of fused-ring (bicyclic) bond motifs is 1. The molecule has 1 saturated carbocycles. The number of esters is 1. The van der Waals surface area contributed by atoms with Gasteiger partial charge in [0.1, 0.15) is 17.4 Å². The molecule has 1 aromatic rings. The first kappa shape index (κ1) is 19.7. The second kappa shape index (κ2) is 7.19. The summed E-state index contributed by atoms with van der Waals surface area (Å²) in [5.74, 6) is -0.0899. The number of aromatic nitrogens is 1. The number of ether oxygens (including phenoxy) is 3. The predicted molar refractivity (Wildman–Crippen MR) is 99.0 cm³/mol. The van der Waals surface area contributed by atoms with E-state index in [0.29, 0.717) is 23.9 Å². The molecule has 8 heteroatoms. The number of carbonyl (C=O) groups is 2. The van der Waals surface area contributed by atoms with E-state index >= 15 is 0 Å². The van der Waals surface area contributed by atoms with Crippen molar-refractivity contribution in [3.8, 4) is 5.88 Å². The van der Waals surface area contributed by atoms with Crippen LogP contribution in [0.2, 0.25) is 5.15 Å². The van der Waals surface area contributed by atoms with Crippen molar-refractivity contribution >= 4 is 23.7 Å². The average molecular weight is 397 g/mol. The van der Waals surface area contributed by atoms with Gasteiger partial charge in [0.15, 0.2) is 0 Å². The Labute approximate surface area is 163 Å². The highest BCUT2D eigenvalue weighted by atomic mass is 35.5. The summed E-state index contributed by atoms with van der Waals surface area (Å²) in [4.78, 5) is 28.1. The molecule has 1 aromatic heterocycles. The lowest BCUT2D eigenvalue weighted by Gasteiger charge is -2.23. The van der Waals surface area contributed by atoms with Crippen molar-refractivity contribution < 1.29 is 23.8 Å². The molecule has 7 nitrogen and oxygen atoms in total. The van der Waals surface area contributed by atoms with Gasteiger partial charge in [-0.15, -0.1) is 0 Å². The van der Waals surface area contributed by atoms with Crippen LogP contribution in [0, 0.1) is 5.92 Å². The molecule has 1 fully saturated rings. The summed E-state index contributed by atoms with van der Waals surface area (Å²) >= 11 is 6.28. The molecule has 0 bridgehead atoms. The molecule has 1 heterocycles. The normalized spacial score (nSPS) is 19.8. The van der Waals surface area contributed by atoms with Gasteiger partial charge in [-0.1, -0.05) is 11.6 Å². The van der Waals surface area contributed by atoms with Crippen molar-refractivity contribution in [3.63, 3.8) is 0 Å². The van der Waals surface area contributed by atoms with Gasteiger partial charge >= 0.3 is 12.1 Å². The fourth-order valence-electron chi connectivity index (χ4n) is 3.14. The Bertz CT molecular complexity index is 755. The van der Waals surface area contributed by atoms with E-state index in [9.17, 15) is 9.59 Å². The zero-order chi connectivity index (χ0) is 19.8. The van der Waals surface area contributed by atoms with E-state index in [-0.39, 0.29) is 18.5 Å². The number of rotatable bonds is 5. The van der Waals surface area contributed by atoms with Gasteiger partial charge in [-0.3, -0.25) is 4.79 Å². The fourth-order valence-corrected chi connectivity index (χ4v) is 3.42. The molecule has 0 aliphatic heterocycles. The van der Waals surface area contributed by atoms with Crippen LogP contribution in [-0.4, -0.2) is 41.9 Å². The Balaban J connectivity index is 1.61. The molecule has 0 radical (unpaired) electrons. The van der Waals surface area contributed by atoms with Crippen LogP contribution < -0.4 is 10.1 Å². The zero-order valence-electron chi connectivity index (χ0n) is 16.1. The third-order valence-corrected chi connectivity index (χ3v) is 5.02. The number of carbonyl (C=O) groups excluding carboxylic acids is 2. The number of pyridine rings is 1. The number of alkyl carbamates (subject to hydrolysis) is 1. The van der Waals surface area contributed by atoms with Gasteiger partial charge < -0.3 is 19.5 Å². The molecule has 2 aliphatic rings. The third-order valence-electron chi connectivity index (χ3n) is 4.71. The van der Waals surface area contributed by atoms with Crippen LogP contribution in [0.15, 0.2) is 6.07 Å². The summed E-state index contributed by atoms with van der Waals surface area (Å²) in [6.45, 7) is 5.75. The molecule has 1 atom stereocenters. The molecule has 1 unspecified atom stereocenters. The lowest BCUT2D eigenvalue weighted by molar-refractivity contribution is -0.145. The largest absolute Gasteiger partial charge is 0.475 e. The summed E-state index contributed by atoms with van der Waals surface area (Å²) in [5, 5.41) is 3.23. The Hall–Kier alpha value is -2.02. The summed E-state index contributed by atoms with van der Waals surface area (Å²) in [6.07, 6.45) is 2.26. The first-order chi connectivity index (χ1) is 12.6. The van der Waals surface area contributed by atoms with Crippen LogP contribution in [0.3, 0.4) is 0 Å². The molecule has 0 saturated heterocycles. The molecule has 27 heavy (non-hydrogen) atoms. The van der Waals surface area contributed by atoms with Crippen LogP contribution in [0.4, 0.5) is 4.79 Å². The van der Waals surface area contributed by atoms with Crippen LogP contribution in [0.5, 0.6) is 5.88 Å². The van der Waals surface area contributed by atoms with E-state index in [1.165, 1.54) is 7.11 Å². The maximum absolute atomic E-state index is 12.0. The molecule has 1 N–H and O–H groups in total. The molecular formula is C19H25ClN2O5. The number of halogens is 1. The van der Waals surface area contributed by atoms with Gasteiger partial charge in [0.05, 0.1) is 18.6 Å². The minimum Gasteiger partial charge on any atom is -0.475 e.